The number of rotatable bonds is 5. The van der Waals surface area contributed by atoms with Gasteiger partial charge in [-0.1, -0.05) is 5.16 Å². The van der Waals surface area contributed by atoms with E-state index in [2.05, 4.69) is 20.8 Å². The number of urea groups is 1. The van der Waals surface area contributed by atoms with Gasteiger partial charge in [0.1, 0.15) is 0 Å². The van der Waals surface area contributed by atoms with Crippen molar-refractivity contribution in [2.75, 3.05) is 0 Å². The van der Waals surface area contributed by atoms with Crippen LogP contribution in [0.2, 0.25) is 0 Å². The molecule has 1 aliphatic rings. The van der Waals surface area contributed by atoms with E-state index >= 15 is 0 Å². The van der Waals surface area contributed by atoms with Crippen LogP contribution < -0.4 is 10.6 Å². The van der Waals surface area contributed by atoms with Crippen LogP contribution in [0.4, 0.5) is 4.79 Å². The van der Waals surface area contributed by atoms with Crippen molar-refractivity contribution in [2.24, 2.45) is 0 Å². The van der Waals surface area contributed by atoms with Crippen molar-refractivity contribution in [3.8, 4) is 0 Å². The Balaban J connectivity index is 1.81. The summed E-state index contributed by atoms with van der Waals surface area (Å²) in [5.74, 6) is -0.0964. The molecule has 1 heterocycles. The van der Waals surface area contributed by atoms with Crippen LogP contribution in [-0.2, 0) is 11.3 Å². The van der Waals surface area contributed by atoms with Crippen LogP contribution in [0.3, 0.4) is 0 Å². The fourth-order valence-electron chi connectivity index (χ4n) is 2.10. The molecule has 2 amide bonds. The Morgan fingerprint density at radius 2 is 2.21 bits per heavy atom. The molecule has 0 radical (unpaired) electrons. The number of carbonyl (C=O) groups is 2. The average Bonchev–Trinajstić information content (AvgIpc) is 2.69. The number of aryl methyl sites for hydroxylation is 1. The predicted molar refractivity (Wildman–Crippen MR) is 63.2 cm³/mol. The lowest BCUT2D eigenvalue weighted by Gasteiger charge is -2.41. The number of aromatic nitrogens is 2. The third kappa shape index (κ3) is 3.43. The van der Waals surface area contributed by atoms with E-state index in [1.54, 1.807) is 6.92 Å². The second-order valence-electron chi connectivity index (χ2n) is 4.74. The monoisotopic (exact) mass is 268 g/mol. The van der Waals surface area contributed by atoms with Gasteiger partial charge in [-0.2, -0.15) is 4.98 Å². The molecule has 1 fully saturated rings. The van der Waals surface area contributed by atoms with Crippen LogP contribution in [0.1, 0.15) is 37.4 Å². The first-order chi connectivity index (χ1) is 8.99. The Kier molecular flexibility index (Phi) is 3.68. The van der Waals surface area contributed by atoms with Crippen molar-refractivity contribution in [1.29, 1.82) is 0 Å². The molecule has 19 heavy (non-hydrogen) atoms. The molecular weight excluding hydrogens is 252 g/mol. The van der Waals surface area contributed by atoms with Gasteiger partial charge < -0.3 is 20.3 Å². The van der Waals surface area contributed by atoms with Crippen LogP contribution in [0.15, 0.2) is 4.52 Å². The van der Waals surface area contributed by atoms with E-state index in [-0.39, 0.29) is 13.0 Å². The Morgan fingerprint density at radius 1 is 1.47 bits per heavy atom. The Labute approximate surface area is 109 Å². The van der Waals surface area contributed by atoms with E-state index in [4.69, 9.17) is 9.63 Å². The van der Waals surface area contributed by atoms with E-state index in [9.17, 15) is 9.59 Å². The number of carboxylic acids is 1. The van der Waals surface area contributed by atoms with Gasteiger partial charge in [0.15, 0.2) is 5.82 Å². The van der Waals surface area contributed by atoms with E-state index in [1.807, 2.05) is 0 Å². The summed E-state index contributed by atoms with van der Waals surface area (Å²) in [4.78, 5) is 26.4. The molecule has 1 aliphatic carbocycles. The lowest BCUT2D eigenvalue weighted by Crippen LogP contribution is -2.57. The number of amides is 2. The third-order valence-corrected chi connectivity index (χ3v) is 3.16. The van der Waals surface area contributed by atoms with Crippen molar-refractivity contribution in [2.45, 2.75) is 44.7 Å². The highest BCUT2D eigenvalue weighted by molar-refractivity contribution is 5.77. The van der Waals surface area contributed by atoms with Gasteiger partial charge in [-0.15, -0.1) is 0 Å². The number of carboxylic acid groups (broad SMARTS) is 1. The first kappa shape index (κ1) is 13.3. The smallest absolute Gasteiger partial charge is 0.315 e. The first-order valence-electron chi connectivity index (χ1n) is 6.06. The quantitative estimate of drug-likeness (QED) is 0.718. The van der Waals surface area contributed by atoms with Crippen molar-refractivity contribution in [1.82, 2.24) is 20.8 Å². The number of nitrogens with zero attached hydrogens (tertiary/aromatic N) is 2. The first-order valence-corrected chi connectivity index (χ1v) is 6.06. The molecule has 8 heteroatoms. The maximum atomic E-state index is 11.7. The van der Waals surface area contributed by atoms with Gasteiger partial charge in [0.05, 0.1) is 18.5 Å². The number of hydrogen-bond donors (Lipinski definition) is 3. The molecule has 0 saturated heterocycles. The summed E-state index contributed by atoms with van der Waals surface area (Å²) < 4.78 is 4.77. The average molecular weight is 268 g/mol. The molecule has 0 atom stereocenters. The molecule has 2 rings (SSSR count). The molecule has 3 N–H and O–H groups in total. The van der Waals surface area contributed by atoms with Gasteiger partial charge in [-0.05, 0) is 19.3 Å². The van der Waals surface area contributed by atoms with E-state index < -0.39 is 17.5 Å². The highest BCUT2D eigenvalue weighted by Gasteiger charge is 2.40. The Bertz CT molecular complexity index is 481. The molecule has 0 aromatic carbocycles. The summed E-state index contributed by atoms with van der Waals surface area (Å²) in [6.45, 7) is 1.80. The minimum atomic E-state index is -0.909. The second-order valence-corrected chi connectivity index (χ2v) is 4.74. The molecule has 1 saturated carbocycles. The minimum absolute atomic E-state index is 0.0538. The molecule has 0 unspecified atom stereocenters. The summed E-state index contributed by atoms with van der Waals surface area (Å²) in [7, 11) is 0. The summed E-state index contributed by atoms with van der Waals surface area (Å²) in [6.07, 6.45) is 2.25. The van der Waals surface area contributed by atoms with Crippen LogP contribution in [0.5, 0.6) is 0 Å². The Hall–Kier alpha value is -2.12. The lowest BCUT2D eigenvalue weighted by molar-refractivity contribution is -0.139. The molecule has 0 bridgehead atoms. The Morgan fingerprint density at radius 3 is 2.68 bits per heavy atom. The molecular formula is C11H16N4O4. The number of nitrogens with one attached hydrogen (secondary N) is 2. The largest absolute Gasteiger partial charge is 0.481 e. The van der Waals surface area contributed by atoms with Crippen molar-refractivity contribution >= 4 is 12.0 Å². The fraction of sp³-hybridized carbons (Fsp3) is 0.636. The maximum absolute atomic E-state index is 11.7. The molecule has 104 valence electrons. The number of hydrogen-bond acceptors (Lipinski definition) is 5. The number of aliphatic carboxylic acids is 1. The zero-order valence-corrected chi connectivity index (χ0v) is 10.6. The molecule has 0 spiro atoms. The molecule has 0 aliphatic heterocycles. The zero-order chi connectivity index (χ0) is 13.9. The summed E-state index contributed by atoms with van der Waals surface area (Å²) in [5, 5.41) is 17.8. The maximum Gasteiger partial charge on any atom is 0.315 e. The van der Waals surface area contributed by atoms with Crippen LogP contribution in [0.25, 0.3) is 0 Å². The number of carbonyl (C=O) groups excluding carboxylic acids is 1. The van der Waals surface area contributed by atoms with Gasteiger partial charge in [0.2, 0.25) is 5.89 Å². The minimum Gasteiger partial charge on any atom is -0.481 e. The summed E-state index contributed by atoms with van der Waals surface area (Å²) in [5.41, 5.74) is -0.608. The standard InChI is InChI=1S/C11H16N4O4/c1-7-13-8(15-19-7)6-12-10(18)14-11(3-2-4-11)5-9(16)17/h2-6H2,1H3,(H,16,17)(H2,12,14,18). The highest BCUT2D eigenvalue weighted by Crippen LogP contribution is 2.34. The SMILES string of the molecule is Cc1nc(CNC(=O)NC2(CC(=O)O)CCC2)no1. The molecule has 1 aromatic rings. The lowest BCUT2D eigenvalue weighted by atomic mass is 9.74. The second kappa shape index (κ2) is 5.25. The van der Waals surface area contributed by atoms with Gasteiger partial charge in [0, 0.05) is 6.92 Å². The predicted octanol–water partition coefficient (Wildman–Crippen LogP) is 0.575. The summed E-state index contributed by atoms with van der Waals surface area (Å²) >= 11 is 0. The van der Waals surface area contributed by atoms with Gasteiger partial charge in [-0.25, -0.2) is 4.79 Å². The summed E-state index contributed by atoms with van der Waals surface area (Å²) in [6, 6.07) is -0.414. The topological polar surface area (TPSA) is 117 Å². The molecule has 1 aromatic heterocycles. The van der Waals surface area contributed by atoms with E-state index in [1.165, 1.54) is 0 Å². The van der Waals surface area contributed by atoms with Crippen LogP contribution in [-0.4, -0.2) is 32.8 Å². The van der Waals surface area contributed by atoms with Crippen LogP contribution >= 0.6 is 0 Å². The fourth-order valence-corrected chi connectivity index (χ4v) is 2.10. The van der Waals surface area contributed by atoms with Crippen molar-refractivity contribution in [3.05, 3.63) is 11.7 Å². The highest BCUT2D eigenvalue weighted by atomic mass is 16.5. The van der Waals surface area contributed by atoms with Crippen molar-refractivity contribution in [3.63, 3.8) is 0 Å². The van der Waals surface area contributed by atoms with Gasteiger partial charge in [0.25, 0.3) is 0 Å². The van der Waals surface area contributed by atoms with Crippen molar-refractivity contribution < 1.29 is 19.2 Å². The van der Waals surface area contributed by atoms with E-state index in [0.29, 0.717) is 24.6 Å². The third-order valence-electron chi connectivity index (χ3n) is 3.16. The zero-order valence-electron chi connectivity index (χ0n) is 10.6. The molecule has 8 nitrogen and oxygen atoms in total. The van der Waals surface area contributed by atoms with Crippen LogP contribution in [0, 0.1) is 6.92 Å². The normalized spacial score (nSPS) is 16.5. The van der Waals surface area contributed by atoms with Gasteiger partial charge in [-0.3, -0.25) is 4.79 Å². The van der Waals surface area contributed by atoms with E-state index in [0.717, 1.165) is 6.42 Å². The van der Waals surface area contributed by atoms with Gasteiger partial charge >= 0.3 is 12.0 Å².